The number of carbonyl (C=O) groups is 1. The van der Waals surface area contributed by atoms with Gasteiger partial charge in [0.05, 0.1) is 5.25 Å². The molecule has 0 aliphatic heterocycles. The molecular weight excluding hydrogens is 298 g/mol. The van der Waals surface area contributed by atoms with Crippen molar-refractivity contribution in [3.63, 3.8) is 0 Å². The van der Waals surface area contributed by atoms with Gasteiger partial charge in [-0.2, -0.15) is 0 Å². The maximum Gasteiger partial charge on any atom is 0.240 e. The van der Waals surface area contributed by atoms with Crippen molar-refractivity contribution in [1.29, 1.82) is 0 Å². The van der Waals surface area contributed by atoms with Gasteiger partial charge in [-0.25, -0.2) is 9.97 Å². The zero-order valence-electron chi connectivity index (χ0n) is 12.6. The van der Waals surface area contributed by atoms with Crippen LogP contribution in [0.5, 0.6) is 0 Å². The van der Waals surface area contributed by atoms with Crippen molar-refractivity contribution in [2.45, 2.75) is 24.3 Å². The van der Waals surface area contributed by atoms with E-state index < -0.39 is 0 Å². The third-order valence-corrected chi connectivity index (χ3v) is 3.97. The highest BCUT2D eigenvalue weighted by Gasteiger charge is 2.22. The Labute approximate surface area is 133 Å². The molecule has 1 aromatic carbocycles. The van der Waals surface area contributed by atoms with E-state index in [2.05, 4.69) is 9.97 Å². The van der Waals surface area contributed by atoms with E-state index in [0.29, 0.717) is 23.3 Å². The molecule has 0 saturated heterocycles. The Balaban J connectivity index is 2.14. The Morgan fingerprint density at radius 2 is 1.82 bits per heavy atom. The molecule has 2 aromatic rings. The van der Waals surface area contributed by atoms with Gasteiger partial charge in [0.25, 0.3) is 0 Å². The van der Waals surface area contributed by atoms with E-state index in [-0.39, 0.29) is 11.2 Å². The summed E-state index contributed by atoms with van der Waals surface area (Å²) in [6, 6.07) is 11.0. The summed E-state index contributed by atoms with van der Waals surface area (Å²) in [7, 11) is 0. The van der Waals surface area contributed by atoms with E-state index in [1.165, 1.54) is 17.8 Å². The molecule has 1 amide bonds. The molecule has 0 spiro atoms. The SMILES string of the molecule is CCN(C(=O)[C@@H](C)Sc1nc(N)cc(N)n1)c1ccccc1. The van der Waals surface area contributed by atoms with E-state index in [0.717, 1.165) is 5.69 Å². The molecule has 0 fully saturated rings. The van der Waals surface area contributed by atoms with Gasteiger partial charge in [-0.05, 0) is 26.0 Å². The molecule has 0 saturated carbocycles. The number of nitrogens with zero attached hydrogens (tertiary/aromatic N) is 3. The van der Waals surface area contributed by atoms with Crippen molar-refractivity contribution in [2.75, 3.05) is 22.9 Å². The van der Waals surface area contributed by atoms with Crippen LogP contribution in [-0.2, 0) is 4.79 Å². The number of aromatic nitrogens is 2. The Kier molecular flexibility index (Phi) is 5.21. The molecule has 0 unspecified atom stereocenters. The second kappa shape index (κ2) is 7.13. The minimum atomic E-state index is -0.346. The van der Waals surface area contributed by atoms with Crippen molar-refractivity contribution in [2.24, 2.45) is 0 Å². The molecule has 1 atom stereocenters. The Hall–Kier alpha value is -2.28. The first kappa shape index (κ1) is 16.1. The predicted octanol–water partition coefficient (Wildman–Crippen LogP) is 2.17. The van der Waals surface area contributed by atoms with Crippen LogP contribution in [0, 0.1) is 0 Å². The van der Waals surface area contributed by atoms with Crippen molar-refractivity contribution in [1.82, 2.24) is 9.97 Å². The summed E-state index contributed by atoms with van der Waals surface area (Å²) < 4.78 is 0. The highest BCUT2D eigenvalue weighted by molar-refractivity contribution is 8.00. The minimum Gasteiger partial charge on any atom is -0.383 e. The van der Waals surface area contributed by atoms with Gasteiger partial charge >= 0.3 is 0 Å². The largest absolute Gasteiger partial charge is 0.383 e. The average molecular weight is 317 g/mol. The van der Waals surface area contributed by atoms with Crippen molar-refractivity contribution >= 4 is 35.0 Å². The fourth-order valence-electron chi connectivity index (χ4n) is 2.02. The van der Waals surface area contributed by atoms with Crippen LogP contribution in [0.2, 0.25) is 0 Å². The van der Waals surface area contributed by atoms with Gasteiger partial charge in [0.1, 0.15) is 11.6 Å². The zero-order chi connectivity index (χ0) is 16.1. The predicted molar refractivity (Wildman–Crippen MR) is 90.6 cm³/mol. The second-order valence-corrected chi connectivity index (χ2v) is 5.99. The molecule has 4 N–H and O–H groups in total. The highest BCUT2D eigenvalue weighted by Crippen LogP contribution is 2.25. The third-order valence-electron chi connectivity index (χ3n) is 3.03. The van der Waals surface area contributed by atoms with E-state index in [4.69, 9.17) is 11.5 Å². The lowest BCUT2D eigenvalue weighted by Gasteiger charge is -2.24. The molecule has 1 aromatic heterocycles. The molecule has 2 rings (SSSR count). The standard InChI is InChI=1S/C15H19N5OS/c1-3-20(11-7-5-4-6-8-11)14(21)10(2)22-15-18-12(16)9-13(17)19-15/h4-10H,3H2,1-2H3,(H4,16,17,18,19)/t10-/m1/s1. The van der Waals surface area contributed by atoms with Gasteiger partial charge in [-0.15, -0.1) is 0 Å². The summed E-state index contributed by atoms with van der Waals surface area (Å²) >= 11 is 1.24. The van der Waals surface area contributed by atoms with Crippen molar-refractivity contribution < 1.29 is 4.79 Å². The summed E-state index contributed by atoms with van der Waals surface area (Å²) in [6.45, 7) is 4.35. The maximum atomic E-state index is 12.6. The number of para-hydroxylation sites is 1. The number of anilines is 3. The van der Waals surface area contributed by atoms with Crippen molar-refractivity contribution in [3.8, 4) is 0 Å². The molecule has 7 heteroatoms. The number of nitrogen functional groups attached to an aromatic ring is 2. The summed E-state index contributed by atoms with van der Waals surface area (Å²) in [5.41, 5.74) is 12.2. The lowest BCUT2D eigenvalue weighted by atomic mass is 10.2. The summed E-state index contributed by atoms with van der Waals surface area (Å²) in [5, 5.41) is 0.0591. The molecule has 0 radical (unpaired) electrons. The number of thioether (sulfide) groups is 1. The fourth-order valence-corrected chi connectivity index (χ4v) is 2.88. The van der Waals surface area contributed by atoms with Crippen LogP contribution in [0.25, 0.3) is 0 Å². The first-order chi connectivity index (χ1) is 10.5. The Bertz CT molecular complexity index is 629. The number of hydrogen-bond acceptors (Lipinski definition) is 6. The summed E-state index contributed by atoms with van der Waals surface area (Å²) in [6.07, 6.45) is 0. The van der Waals surface area contributed by atoms with Gasteiger partial charge in [-0.3, -0.25) is 4.79 Å². The van der Waals surface area contributed by atoms with Crippen LogP contribution in [0.4, 0.5) is 17.3 Å². The van der Waals surface area contributed by atoms with Crippen LogP contribution in [0.15, 0.2) is 41.6 Å². The van der Waals surface area contributed by atoms with E-state index in [9.17, 15) is 4.79 Å². The van der Waals surface area contributed by atoms with Gasteiger partial charge in [-0.1, -0.05) is 30.0 Å². The smallest absolute Gasteiger partial charge is 0.240 e. The normalized spacial score (nSPS) is 11.9. The lowest BCUT2D eigenvalue weighted by molar-refractivity contribution is -0.117. The lowest BCUT2D eigenvalue weighted by Crippen LogP contribution is -2.36. The van der Waals surface area contributed by atoms with Crippen LogP contribution < -0.4 is 16.4 Å². The second-order valence-electron chi connectivity index (χ2n) is 4.68. The maximum absolute atomic E-state index is 12.6. The van der Waals surface area contributed by atoms with Crippen LogP contribution in [0.3, 0.4) is 0 Å². The monoisotopic (exact) mass is 317 g/mol. The zero-order valence-corrected chi connectivity index (χ0v) is 13.4. The number of rotatable bonds is 5. The molecule has 116 valence electrons. The number of hydrogen-bond donors (Lipinski definition) is 2. The number of carbonyl (C=O) groups excluding carboxylic acids is 1. The van der Waals surface area contributed by atoms with Crippen LogP contribution >= 0.6 is 11.8 Å². The quantitative estimate of drug-likeness (QED) is 0.648. The third kappa shape index (κ3) is 3.88. The van der Waals surface area contributed by atoms with Gasteiger partial charge < -0.3 is 16.4 Å². The van der Waals surface area contributed by atoms with Crippen LogP contribution in [-0.4, -0.2) is 27.7 Å². The molecular formula is C15H19N5OS. The Morgan fingerprint density at radius 3 is 2.36 bits per heavy atom. The fraction of sp³-hybridized carbons (Fsp3) is 0.267. The summed E-state index contributed by atoms with van der Waals surface area (Å²) in [4.78, 5) is 22.6. The molecule has 0 aliphatic carbocycles. The first-order valence-corrected chi connectivity index (χ1v) is 7.82. The highest BCUT2D eigenvalue weighted by atomic mass is 32.2. The van der Waals surface area contributed by atoms with E-state index in [1.54, 1.807) is 4.90 Å². The number of benzene rings is 1. The summed E-state index contributed by atoms with van der Waals surface area (Å²) in [5.74, 6) is 0.582. The minimum absolute atomic E-state index is 0.0108. The first-order valence-electron chi connectivity index (χ1n) is 6.94. The van der Waals surface area contributed by atoms with E-state index in [1.807, 2.05) is 44.2 Å². The molecule has 1 heterocycles. The van der Waals surface area contributed by atoms with Gasteiger partial charge in [0, 0.05) is 18.3 Å². The molecule has 0 aliphatic rings. The molecule has 6 nitrogen and oxygen atoms in total. The molecule has 0 bridgehead atoms. The topological polar surface area (TPSA) is 98.1 Å². The van der Waals surface area contributed by atoms with Gasteiger partial charge in [0.15, 0.2) is 5.16 Å². The number of nitrogens with two attached hydrogens (primary N) is 2. The van der Waals surface area contributed by atoms with Crippen molar-refractivity contribution in [3.05, 3.63) is 36.4 Å². The van der Waals surface area contributed by atoms with E-state index >= 15 is 0 Å². The average Bonchev–Trinajstić information content (AvgIpc) is 2.47. The van der Waals surface area contributed by atoms with Gasteiger partial charge in [0.2, 0.25) is 5.91 Å². The number of amides is 1. The molecule has 22 heavy (non-hydrogen) atoms. The Morgan fingerprint density at radius 1 is 1.23 bits per heavy atom. The van der Waals surface area contributed by atoms with Crippen LogP contribution in [0.1, 0.15) is 13.8 Å².